The van der Waals surface area contributed by atoms with Gasteiger partial charge in [-0.2, -0.15) is 0 Å². The Balaban J connectivity index is 1.55. The van der Waals surface area contributed by atoms with E-state index in [9.17, 15) is 4.79 Å². The zero-order valence-corrected chi connectivity index (χ0v) is 16.9. The van der Waals surface area contributed by atoms with Crippen LogP contribution in [0, 0.1) is 0 Å². The summed E-state index contributed by atoms with van der Waals surface area (Å²) in [6.45, 7) is 3.74. The van der Waals surface area contributed by atoms with Gasteiger partial charge in [0.2, 0.25) is 5.91 Å². The van der Waals surface area contributed by atoms with E-state index in [-0.39, 0.29) is 5.91 Å². The maximum atomic E-state index is 11.0. The van der Waals surface area contributed by atoms with Gasteiger partial charge in [0.15, 0.2) is 0 Å². The van der Waals surface area contributed by atoms with Gasteiger partial charge in [-0.15, -0.1) is 0 Å². The molecule has 2 aromatic carbocycles. The second-order valence-corrected chi connectivity index (χ2v) is 7.15. The van der Waals surface area contributed by atoms with Crippen molar-refractivity contribution in [1.82, 2.24) is 14.9 Å². The molecule has 3 rings (SSSR count). The van der Waals surface area contributed by atoms with Crippen molar-refractivity contribution in [2.75, 3.05) is 13.2 Å². The summed E-state index contributed by atoms with van der Waals surface area (Å²) in [6.07, 6.45) is 3.64. The normalized spacial score (nSPS) is 10.9. The number of benzene rings is 2. The predicted molar refractivity (Wildman–Crippen MR) is 113 cm³/mol. The molecule has 28 heavy (non-hydrogen) atoms. The smallest absolute Gasteiger partial charge is 0.216 e. The monoisotopic (exact) mass is 399 g/mol. The summed E-state index contributed by atoms with van der Waals surface area (Å²) in [5, 5.41) is 3.49. The summed E-state index contributed by atoms with van der Waals surface area (Å²) in [4.78, 5) is 15.8. The van der Waals surface area contributed by atoms with Crippen molar-refractivity contribution >= 4 is 28.5 Å². The molecule has 1 aromatic heterocycles. The molecule has 0 aliphatic rings. The second-order valence-electron chi connectivity index (χ2n) is 6.74. The Kier molecular flexibility index (Phi) is 7.31. The number of carbonyl (C=O) groups excluding carboxylic acids is 1. The van der Waals surface area contributed by atoms with E-state index in [1.54, 1.807) is 6.92 Å². The SMILES string of the molecule is CC(=O)NCCCc1nc2ccccc2n1CCCCOc1ccccc1Cl. The minimum Gasteiger partial charge on any atom is -0.492 e. The van der Waals surface area contributed by atoms with E-state index in [1.165, 1.54) is 0 Å². The van der Waals surface area contributed by atoms with E-state index in [1.807, 2.05) is 42.5 Å². The number of hydrogen-bond donors (Lipinski definition) is 1. The van der Waals surface area contributed by atoms with Crippen LogP contribution in [0.3, 0.4) is 0 Å². The fraction of sp³-hybridized carbons (Fsp3) is 0.364. The number of nitrogens with zero attached hydrogens (tertiary/aromatic N) is 2. The lowest BCUT2D eigenvalue weighted by atomic mass is 10.2. The second kappa shape index (κ2) is 10.1. The number of rotatable bonds is 10. The Labute approximate surface area is 170 Å². The molecule has 0 saturated carbocycles. The number of carbonyl (C=O) groups is 1. The first-order valence-electron chi connectivity index (χ1n) is 9.71. The molecule has 5 nitrogen and oxygen atoms in total. The molecule has 0 radical (unpaired) electrons. The number of aryl methyl sites for hydroxylation is 2. The summed E-state index contributed by atoms with van der Waals surface area (Å²) in [5.41, 5.74) is 2.17. The van der Waals surface area contributed by atoms with Gasteiger partial charge in [0.05, 0.1) is 22.7 Å². The van der Waals surface area contributed by atoms with Gasteiger partial charge < -0.3 is 14.6 Å². The highest BCUT2D eigenvalue weighted by Crippen LogP contribution is 2.23. The molecule has 0 fully saturated rings. The lowest BCUT2D eigenvalue weighted by Crippen LogP contribution is -2.21. The fourth-order valence-corrected chi connectivity index (χ4v) is 3.38. The number of halogens is 1. The van der Waals surface area contributed by atoms with Crippen LogP contribution >= 0.6 is 11.6 Å². The van der Waals surface area contributed by atoms with Crippen LogP contribution in [-0.4, -0.2) is 28.6 Å². The highest BCUT2D eigenvalue weighted by atomic mass is 35.5. The molecule has 0 unspecified atom stereocenters. The van der Waals surface area contributed by atoms with Crippen LogP contribution < -0.4 is 10.1 Å². The first kappa shape index (κ1) is 20.2. The van der Waals surface area contributed by atoms with Gasteiger partial charge in [0.25, 0.3) is 0 Å². The Morgan fingerprint density at radius 2 is 1.89 bits per heavy atom. The van der Waals surface area contributed by atoms with Gasteiger partial charge in [-0.1, -0.05) is 35.9 Å². The molecule has 0 aliphatic heterocycles. The third-order valence-corrected chi connectivity index (χ3v) is 4.87. The number of fused-ring (bicyclic) bond motifs is 1. The summed E-state index contributed by atoms with van der Waals surface area (Å²) in [7, 11) is 0. The minimum absolute atomic E-state index is 0.00650. The topological polar surface area (TPSA) is 56.2 Å². The maximum Gasteiger partial charge on any atom is 0.216 e. The molecule has 0 bridgehead atoms. The Morgan fingerprint density at radius 1 is 1.11 bits per heavy atom. The first-order valence-corrected chi connectivity index (χ1v) is 10.1. The molecule has 1 N–H and O–H groups in total. The Morgan fingerprint density at radius 3 is 2.71 bits per heavy atom. The molecule has 1 amide bonds. The molecule has 148 valence electrons. The van der Waals surface area contributed by atoms with E-state index in [0.717, 1.165) is 54.8 Å². The third kappa shape index (κ3) is 5.49. The zero-order chi connectivity index (χ0) is 19.8. The van der Waals surface area contributed by atoms with E-state index < -0.39 is 0 Å². The zero-order valence-electron chi connectivity index (χ0n) is 16.2. The molecular formula is C22H26ClN3O2. The largest absolute Gasteiger partial charge is 0.492 e. The summed E-state index contributed by atoms with van der Waals surface area (Å²) < 4.78 is 8.07. The predicted octanol–water partition coefficient (Wildman–Crippen LogP) is 4.62. The van der Waals surface area contributed by atoms with Gasteiger partial charge in [0, 0.05) is 26.4 Å². The number of hydrogen-bond acceptors (Lipinski definition) is 3. The van der Waals surface area contributed by atoms with Crippen LogP contribution in [0.15, 0.2) is 48.5 Å². The van der Waals surface area contributed by atoms with Crippen molar-refractivity contribution in [2.45, 2.75) is 39.2 Å². The first-order chi connectivity index (χ1) is 13.6. The number of ether oxygens (including phenoxy) is 1. The number of imidazole rings is 1. The van der Waals surface area contributed by atoms with E-state index in [0.29, 0.717) is 18.2 Å². The van der Waals surface area contributed by atoms with Crippen molar-refractivity contribution in [3.8, 4) is 5.75 Å². The summed E-state index contributed by atoms with van der Waals surface area (Å²) in [5.74, 6) is 1.81. The summed E-state index contributed by atoms with van der Waals surface area (Å²) >= 11 is 6.12. The lowest BCUT2D eigenvalue weighted by molar-refractivity contribution is -0.118. The molecule has 0 aliphatic carbocycles. The maximum absolute atomic E-state index is 11.0. The van der Waals surface area contributed by atoms with Crippen molar-refractivity contribution in [1.29, 1.82) is 0 Å². The molecule has 6 heteroatoms. The van der Waals surface area contributed by atoms with Crippen molar-refractivity contribution < 1.29 is 9.53 Å². The highest BCUT2D eigenvalue weighted by Gasteiger charge is 2.10. The van der Waals surface area contributed by atoms with Gasteiger partial charge in [-0.25, -0.2) is 4.98 Å². The molecule has 3 aromatic rings. The minimum atomic E-state index is 0.00650. The van der Waals surface area contributed by atoms with Crippen molar-refractivity contribution in [3.05, 3.63) is 59.4 Å². The van der Waals surface area contributed by atoms with E-state index in [4.69, 9.17) is 21.3 Å². The van der Waals surface area contributed by atoms with Gasteiger partial charge in [-0.05, 0) is 43.5 Å². The van der Waals surface area contributed by atoms with Crippen molar-refractivity contribution in [3.63, 3.8) is 0 Å². The highest BCUT2D eigenvalue weighted by molar-refractivity contribution is 6.32. The number of aromatic nitrogens is 2. The lowest BCUT2D eigenvalue weighted by Gasteiger charge is -2.11. The molecular weight excluding hydrogens is 374 g/mol. The average molecular weight is 400 g/mol. The summed E-state index contributed by atoms with van der Waals surface area (Å²) in [6, 6.07) is 15.8. The Hall–Kier alpha value is -2.53. The van der Waals surface area contributed by atoms with E-state index >= 15 is 0 Å². The van der Waals surface area contributed by atoms with Gasteiger partial charge in [-0.3, -0.25) is 4.79 Å². The van der Waals surface area contributed by atoms with E-state index in [2.05, 4.69) is 16.0 Å². The fourth-order valence-electron chi connectivity index (χ4n) is 3.19. The van der Waals surface area contributed by atoms with Crippen molar-refractivity contribution in [2.24, 2.45) is 0 Å². The third-order valence-electron chi connectivity index (χ3n) is 4.55. The Bertz CT molecular complexity index is 923. The van der Waals surface area contributed by atoms with Crippen LogP contribution in [0.4, 0.5) is 0 Å². The van der Waals surface area contributed by atoms with Gasteiger partial charge in [0.1, 0.15) is 11.6 Å². The van der Waals surface area contributed by atoms with Crippen LogP contribution in [0.5, 0.6) is 5.75 Å². The van der Waals surface area contributed by atoms with Crippen LogP contribution in [0.1, 0.15) is 32.0 Å². The van der Waals surface area contributed by atoms with Gasteiger partial charge >= 0.3 is 0 Å². The number of amides is 1. The number of unbranched alkanes of at least 4 members (excludes halogenated alkanes) is 1. The molecule has 0 spiro atoms. The standard InChI is InChI=1S/C22H26ClN3O2/c1-17(27)24-14-8-13-22-25-19-10-3-4-11-20(19)26(22)15-6-7-16-28-21-12-5-2-9-18(21)23/h2-5,9-12H,6-8,13-16H2,1H3,(H,24,27). The molecule has 0 atom stereocenters. The number of nitrogens with one attached hydrogen (secondary N) is 1. The molecule has 1 heterocycles. The molecule has 0 saturated heterocycles. The van der Waals surface area contributed by atoms with Crippen LogP contribution in [0.25, 0.3) is 11.0 Å². The van der Waals surface area contributed by atoms with Crippen LogP contribution in [-0.2, 0) is 17.8 Å². The average Bonchev–Trinajstić information content (AvgIpc) is 3.04. The quantitative estimate of drug-likeness (QED) is 0.506. The van der Waals surface area contributed by atoms with Crippen LogP contribution in [0.2, 0.25) is 5.02 Å². The number of para-hydroxylation sites is 3.